The van der Waals surface area contributed by atoms with Gasteiger partial charge in [0.05, 0.1) is 6.20 Å². The Morgan fingerprint density at radius 2 is 2.20 bits per heavy atom. The zero-order valence-corrected chi connectivity index (χ0v) is 11.6. The van der Waals surface area contributed by atoms with Crippen LogP contribution < -0.4 is 4.72 Å². The SMILES string of the molecule is O=C(O)Cn1cc(S(=O)(=O)NCC2(CCO)CC2)cn1. The molecule has 0 aliphatic heterocycles. The van der Waals surface area contributed by atoms with Gasteiger partial charge in [0, 0.05) is 19.3 Å². The van der Waals surface area contributed by atoms with Crippen molar-refractivity contribution in [2.75, 3.05) is 13.2 Å². The van der Waals surface area contributed by atoms with Gasteiger partial charge in [0.15, 0.2) is 0 Å². The first-order chi connectivity index (χ1) is 9.37. The lowest BCUT2D eigenvalue weighted by Crippen LogP contribution is -2.30. The predicted octanol–water partition coefficient (Wildman–Crippen LogP) is -0.591. The topological polar surface area (TPSA) is 122 Å². The molecule has 1 aromatic heterocycles. The number of hydrogen-bond donors (Lipinski definition) is 3. The highest BCUT2D eigenvalue weighted by molar-refractivity contribution is 7.89. The van der Waals surface area contributed by atoms with Gasteiger partial charge < -0.3 is 10.2 Å². The average Bonchev–Trinajstić information content (AvgIpc) is 2.96. The molecule has 112 valence electrons. The smallest absolute Gasteiger partial charge is 0.325 e. The molecule has 1 aromatic rings. The fourth-order valence-electron chi connectivity index (χ4n) is 1.97. The Morgan fingerprint density at radius 1 is 1.50 bits per heavy atom. The van der Waals surface area contributed by atoms with Gasteiger partial charge in [-0.25, -0.2) is 13.1 Å². The van der Waals surface area contributed by atoms with Crippen molar-refractivity contribution in [1.82, 2.24) is 14.5 Å². The van der Waals surface area contributed by atoms with Crippen LogP contribution in [0, 0.1) is 5.41 Å². The van der Waals surface area contributed by atoms with Crippen LogP contribution in [0.5, 0.6) is 0 Å². The molecule has 1 aliphatic carbocycles. The average molecular weight is 303 g/mol. The summed E-state index contributed by atoms with van der Waals surface area (Å²) in [5.74, 6) is -1.09. The van der Waals surface area contributed by atoms with Crippen LogP contribution >= 0.6 is 0 Å². The van der Waals surface area contributed by atoms with Crippen LogP contribution in [0.2, 0.25) is 0 Å². The quantitative estimate of drug-likeness (QED) is 0.590. The molecule has 0 atom stereocenters. The molecule has 20 heavy (non-hydrogen) atoms. The number of aliphatic carboxylic acids is 1. The van der Waals surface area contributed by atoms with Gasteiger partial charge in [0.25, 0.3) is 0 Å². The highest BCUT2D eigenvalue weighted by Crippen LogP contribution is 2.48. The highest BCUT2D eigenvalue weighted by Gasteiger charge is 2.42. The maximum atomic E-state index is 12.0. The Morgan fingerprint density at radius 3 is 2.75 bits per heavy atom. The summed E-state index contributed by atoms with van der Waals surface area (Å²) in [5.41, 5.74) is -0.126. The van der Waals surface area contributed by atoms with Gasteiger partial charge in [-0.1, -0.05) is 0 Å². The van der Waals surface area contributed by atoms with Crippen LogP contribution in [-0.4, -0.2) is 47.5 Å². The van der Waals surface area contributed by atoms with Gasteiger partial charge in [-0.05, 0) is 24.7 Å². The van der Waals surface area contributed by atoms with E-state index in [1.54, 1.807) is 0 Å². The Bertz CT molecular complexity index is 591. The Hall–Kier alpha value is -1.45. The van der Waals surface area contributed by atoms with Gasteiger partial charge in [0.2, 0.25) is 10.0 Å². The third kappa shape index (κ3) is 3.56. The van der Waals surface area contributed by atoms with E-state index in [9.17, 15) is 13.2 Å². The third-order valence-corrected chi connectivity index (χ3v) is 4.81. The van der Waals surface area contributed by atoms with E-state index in [2.05, 4.69) is 9.82 Å². The molecule has 1 fully saturated rings. The van der Waals surface area contributed by atoms with E-state index >= 15 is 0 Å². The molecule has 0 unspecified atom stereocenters. The molecule has 0 aromatic carbocycles. The molecule has 0 radical (unpaired) electrons. The van der Waals surface area contributed by atoms with E-state index in [1.165, 1.54) is 6.20 Å². The van der Waals surface area contributed by atoms with Crippen molar-refractivity contribution >= 4 is 16.0 Å². The number of aliphatic hydroxyl groups is 1. The molecule has 0 amide bonds. The molecule has 0 saturated heterocycles. The van der Waals surface area contributed by atoms with Crippen molar-refractivity contribution in [1.29, 1.82) is 0 Å². The number of nitrogens with zero attached hydrogens (tertiary/aromatic N) is 2. The Balaban J connectivity index is 1.99. The number of nitrogens with one attached hydrogen (secondary N) is 1. The number of hydrogen-bond acceptors (Lipinski definition) is 5. The van der Waals surface area contributed by atoms with Crippen LogP contribution in [0.25, 0.3) is 0 Å². The van der Waals surface area contributed by atoms with Gasteiger partial charge >= 0.3 is 5.97 Å². The second-order valence-corrected chi connectivity index (χ2v) is 6.83. The molecule has 0 bridgehead atoms. The molecule has 8 nitrogen and oxygen atoms in total. The second-order valence-electron chi connectivity index (χ2n) is 5.07. The zero-order valence-electron chi connectivity index (χ0n) is 10.8. The van der Waals surface area contributed by atoms with Crippen molar-refractivity contribution in [2.24, 2.45) is 5.41 Å². The molecule has 9 heteroatoms. The van der Waals surface area contributed by atoms with Crippen LogP contribution in [0.3, 0.4) is 0 Å². The van der Waals surface area contributed by atoms with E-state index < -0.39 is 16.0 Å². The van der Waals surface area contributed by atoms with Gasteiger partial charge in [-0.15, -0.1) is 0 Å². The summed E-state index contributed by atoms with van der Waals surface area (Å²) >= 11 is 0. The lowest BCUT2D eigenvalue weighted by molar-refractivity contribution is -0.137. The minimum Gasteiger partial charge on any atom is -0.480 e. The summed E-state index contributed by atoms with van der Waals surface area (Å²) in [7, 11) is -3.69. The Kier molecular flexibility index (Phi) is 4.11. The van der Waals surface area contributed by atoms with Crippen molar-refractivity contribution < 1.29 is 23.4 Å². The number of sulfonamides is 1. The predicted molar refractivity (Wildman–Crippen MR) is 68.4 cm³/mol. The van der Waals surface area contributed by atoms with Crippen LogP contribution in [0.15, 0.2) is 17.3 Å². The van der Waals surface area contributed by atoms with Crippen molar-refractivity contribution in [3.8, 4) is 0 Å². The van der Waals surface area contributed by atoms with Crippen LogP contribution in [0.1, 0.15) is 19.3 Å². The number of carboxylic acid groups (broad SMARTS) is 1. The monoisotopic (exact) mass is 303 g/mol. The summed E-state index contributed by atoms with van der Waals surface area (Å²) in [6.45, 7) is -0.0672. The van der Waals surface area contributed by atoms with Gasteiger partial charge in [-0.2, -0.15) is 5.10 Å². The van der Waals surface area contributed by atoms with E-state index in [1.807, 2.05) is 0 Å². The second kappa shape index (κ2) is 5.51. The van der Waals surface area contributed by atoms with E-state index in [0.29, 0.717) is 6.42 Å². The van der Waals surface area contributed by atoms with Gasteiger partial charge in [-0.3, -0.25) is 9.48 Å². The molecular formula is C11H17N3O5S. The largest absolute Gasteiger partial charge is 0.480 e. The molecule has 2 rings (SSSR count). The lowest BCUT2D eigenvalue weighted by atomic mass is 10.0. The number of carboxylic acids is 1. The molecule has 3 N–H and O–H groups in total. The van der Waals surface area contributed by atoms with Crippen LogP contribution in [-0.2, 0) is 21.4 Å². The molecular weight excluding hydrogens is 286 g/mol. The van der Waals surface area contributed by atoms with Crippen LogP contribution in [0.4, 0.5) is 0 Å². The molecule has 0 spiro atoms. The van der Waals surface area contributed by atoms with E-state index in [4.69, 9.17) is 10.2 Å². The Labute approximate surface area is 116 Å². The first-order valence-electron chi connectivity index (χ1n) is 6.22. The molecule has 1 heterocycles. The number of aromatic nitrogens is 2. The normalized spacial score (nSPS) is 17.1. The summed E-state index contributed by atoms with van der Waals surface area (Å²) in [6.07, 6.45) is 4.68. The van der Waals surface area contributed by atoms with E-state index in [0.717, 1.165) is 23.7 Å². The first-order valence-corrected chi connectivity index (χ1v) is 7.70. The highest BCUT2D eigenvalue weighted by atomic mass is 32.2. The minimum absolute atomic E-state index is 0.0400. The maximum Gasteiger partial charge on any atom is 0.325 e. The van der Waals surface area contributed by atoms with Crippen molar-refractivity contribution in [3.05, 3.63) is 12.4 Å². The fraction of sp³-hybridized carbons (Fsp3) is 0.636. The summed E-state index contributed by atoms with van der Waals surface area (Å²) in [6, 6.07) is 0. The summed E-state index contributed by atoms with van der Waals surface area (Å²) < 4.78 is 27.6. The zero-order chi connectivity index (χ0) is 14.8. The fourth-order valence-corrected chi connectivity index (χ4v) is 3.08. The maximum absolute atomic E-state index is 12.0. The number of aliphatic hydroxyl groups excluding tert-OH is 1. The number of rotatable bonds is 8. The van der Waals surface area contributed by atoms with Crippen molar-refractivity contribution in [3.63, 3.8) is 0 Å². The third-order valence-electron chi connectivity index (χ3n) is 3.45. The number of carbonyl (C=O) groups is 1. The molecule has 1 saturated carbocycles. The van der Waals surface area contributed by atoms with Crippen molar-refractivity contribution in [2.45, 2.75) is 30.7 Å². The standard InChI is InChI=1S/C11H17N3O5S/c15-4-3-11(1-2-11)8-13-20(18,19)9-5-12-14(6-9)7-10(16)17/h5-6,13,15H,1-4,7-8H2,(H,16,17). The minimum atomic E-state index is -3.69. The van der Waals surface area contributed by atoms with E-state index in [-0.39, 0.29) is 30.0 Å². The summed E-state index contributed by atoms with van der Waals surface area (Å²) in [5, 5.41) is 21.2. The summed E-state index contributed by atoms with van der Waals surface area (Å²) in [4.78, 5) is 10.5. The first kappa shape index (κ1) is 14.9. The lowest BCUT2D eigenvalue weighted by Gasteiger charge is -2.13. The van der Waals surface area contributed by atoms with Gasteiger partial charge in [0.1, 0.15) is 11.4 Å². The molecule has 1 aliphatic rings.